The van der Waals surface area contributed by atoms with Crippen molar-refractivity contribution in [2.24, 2.45) is 0 Å². The summed E-state index contributed by atoms with van der Waals surface area (Å²) in [5, 5.41) is 274. The number of rotatable bonds is 23. The lowest BCUT2D eigenvalue weighted by Crippen LogP contribution is -2.69. The molecular formula is C50H85NO41. The normalized spacial score (nSPS) is 52.2. The second-order valence-corrected chi connectivity index (χ2v) is 23.1. The Morgan fingerprint density at radius 3 is 0.946 bits per heavy atom. The molecule has 0 aliphatic carbocycles. The molecule has 8 rings (SSSR count). The SMILES string of the molecule is CC(=O)N[C@@H]1[C@@H](O)[C@H](O[C@@H]2O[C@H](CO[C@H]3O[C@H](CO)[C@@H](O)[C@H](O[C@H]4O[C@H](CO)[C@@H](O)[C@@H](O)[C@@H]4O[C@H]4O[C@H](CO)[C@@H](O)[C@H](O)[C@@H]4O)[C@@H]3O)[C@@H](O)[C@H](O[C@H]3O[C@H](CO)[C@@H](O)[C@H](O)[C@@H]3O[C@H]3O[C@H](CO)[C@@H](O)[C@H](O)[C@@H]3O[C@H]3O[C@H](CO)[C@@H](O)[C@H](O)[C@@H]3O)[C@@H]2O)[C@@H](CO)O[C@H]1O. The maximum absolute atomic E-state index is 12.2. The van der Waals surface area contributed by atoms with E-state index in [4.69, 9.17) is 71.1 Å². The molecule has 0 spiro atoms. The van der Waals surface area contributed by atoms with Gasteiger partial charge in [-0.1, -0.05) is 0 Å². The largest absolute Gasteiger partial charge is 0.394 e. The minimum Gasteiger partial charge on any atom is -0.394 e. The van der Waals surface area contributed by atoms with E-state index in [1.54, 1.807) is 0 Å². The monoisotopic (exact) mass is 1360 g/mol. The molecule has 0 unspecified atom stereocenters. The van der Waals surface area contributed by atoms with Crippen LogP contribution in [0.4, 0.5) is 0 Å². The lowest BCUT2D eigenvalue weighted by molar-refractivity contribution is -0.407. The second-order valence-electron chi connectivity index (χ2n) is 23.1. The molecule has 8 saturated heterocycles. The van der Waals surface area contributed by atoms with Gasteiger partial charge in [-0.05, 0) is 0 Å². The molecule has 0 radical (unpaired) electrons. The number of ether oxygens (including phenoxy) is 15. The standard InChI is InChI=1S/C50H85NO41/c1-10(59)51-19-27(67)37(17(8-58)79-43(19)77)87-47-36(76)39(89-49-42(32(72)24(64)14(5-55)84-49)92-50-41(31(71)23(63)15(6-56)85-50)91-46-34(74)29(69)21(61)12(3-53)82-46)26(66)18(86-47)9-78-44-35(75)38(25(65)16(7-57)80-44)88-48-40(30(70)22(62)13(4-54)83-48)90-45-33(73)28(68)20(60)11(2-52)81-45/h11-50,52-58,60-77H,2-9H2,1H3,(H,51,59)/t11-,12-,13-,14-,15-,16-,17-,18-,19-,20-,21-,22-,23-,24-,25-,26-,27-,28+,29+,30-,31+,32+,33+,34+,35+,36+,37-,38+,39+,40+,41+,42+,43-,44+,45-,46-,47+,48-,49-,50-/m1/s1. The van der Waals surface area contributed by atoms with Gasteiger partial charge < -0.3 is 204 Å². The van der Waals surface area contributed by atoms with Crippen LogP contribution < -0.4 is 5.32 Å². The topological polar surface area (TPSA) is 673 Å². The van der Waals surface area contributed by atoms with Gasteiger partial charge in [-0.25, -0.2) is 0 Å². The maximum atomic E-state index is 12.2. The molecule has 8 fully saturated rings. The third-order valence-electron chi connectivity index (χ3n) is 17.0. The molecule has 0 aromatic heterocycles. The number of carbonyl (C=O) groups excluding carboxylic acids is 1. The number of nitrogens with one attached hydrogen (secondary N) is 1. The van der Waals surface area contributed by atoms with Gasteiger partial charge in [0.15, 0.2) is 50.3 Å². The summed E-state index contributed by atoms with van der Waals surface area (Å²) in [6.07, 6.45) is -81.0. The fourth-order valence-electron chi connectivity index (χ4n) is 11.7. The van der Waals surface area contributed by atoms with Crippen LogP contribution in [0.2, 0.25) is 0 Å². The first-order valence-corrected chi connectivity index (χ1v) is 29.2. The van der Waals surface area contributed by atoms with E-state index in [0.29, 0.717) is 0 Å². The van der Waals surface area contributed by atoms with E-state index in [0.717, 1.165) is 6.92 Å². The van der Waals surface area contributed by atoms with E-state index in [-0.39, 0.29) is 0 Å². The van der Waals surface area contributed by atoms with E-state index in [9.17, 15) is 132 Å². The smallest absolute Gasteiger partial charge is 0.217 e. The Morgan fingerprint density at radius 1 is 0.283 bits per heavy atom. The zero-order valence-electron chi connectivity index (χ0n) is 48.5. The van der Waals surface area contributed by atoms with Crippen LogP contribution in [-0.2, 0) is 75.8 Å². The van der Waals surface area contributed by atoms with E-state index in [1.165, 1.54) is 0 Å². The van der Waals surface area contributed by atoms with Gasteiger partial charge in [-0.3, -0.25) is 4.79 Å². The van der Waals surface area contributed by atoms with Crippen LogP contribution in [0.25, 0.3) is 0 Å². The molecule has 0 aromatic rings. The molecule has 0 bridgehead atoms. The number of amides is 1. The van der Waals surface area contributed by atoms with Gasteiger partial charge in [0, 0.05) is 6.92 Å². The van der Waals surface area contributed by atoms with Crippen molar-refractivity contribution in [3.05, 3.63) is 0 Å². The highest BCUT2D eigenvalue weighted by molar-refractivity contribution is 5.73. The molecule has 1 amide bonds. The first-order chi connectivity index (χ1) is 43.6. The Labute approximate surface area is 519 Å². The molecule has 8 aliphatic heterocycles. The fraction of sp³-hybridized carbons (Fsp3) is 0.980. The predicted octanol–water partition coefficient (Wildman–Crippen LogP) is -18.3. The molecule has 536 valence electrons. The average Bonchev–Trinajstić information content (AvgIpc) is 0.785. The van der Waals surface area contributed by atoms with Crippen LogP contribution >= 0.6 is 0 Å². The number of carbonyl (C=O) groups is 1. The molecule has 40 atom stereocenters. The summed E-state index contributed by atoms with van der Waals surface area (Å²) in [5.74, 6) is -0.824. The Kier molecular flexibility index (Phi) is 26.9. The van der Waals surface area contributed by atoms with Gasteiger partial charge in [-0.2, -0.15) is 0 Å². The highest BCUT2D eigenvalue weighted by atomic mass is 16.8. The summed E-state index contributed by atoms with van der Waals surface area (Å²) < 4.78 is 86.2. The Balaban J connectivity index is 1.09. The van der Waals surface area contributed by atoms with E-state index in [2.05, 4.69) is 5.32 Å². The quantitative estimate of drug-likeness (QED) is 0.0452. The third kappa shape index (κ3) is 15.8. The van der Waals surface area contributed by atoms with Gasteiger partial charge >= 0.3 is 0 Å². The van der Waals surface area contributed by atoms with Crippen LogP contribution in [0.5, 0.6) is 0 Å². The van der Waals surface area contributed by atoms with Gasteiger partial charge in [0.1, 0.15) is 195 Å². The zero-order valence-corrected chi connectivity index (χ0v) is 48.5. The molecule has 92 heavy (non-hydrogen) atoms. The van der Waals surface area contributed by atoms with Crippen LogP contribution in [0.15, 0.2) is 0 Å². The maximum Gasteiger partial charge on any atom is 0.217 e. The molecule has 8 heterocycles. The Bertz CT molecular complexity index is 2260. The highest BCUT2D eigenvalue weighted by Gasteiger charge is 2.60. The number of aliphatic hydroxyl groups is 25. The number of hydrogen-bond donors (Lipinski definition) is 26. The predicted molar refractivity (Wildman–Crippen MR) is 276 cm³/mol. The highest BCUT2D eigenvalue weighted by Crippen LogP contribution is 2.39. The first kappa shape index (κ1) is 75.6. The summed E-state index contributed by atoms with van der Waals surface area (Å²) in [4.78, 5) is 12.2. The summed E-state index contributed by atoms with van der Waals surface area (Å²) in [7, 11) is 0. The van der Waals surface area contributed by atoms with Crippen molar-refractivity contribution in [3.63, 3.8) is 0 Å². The van der Waals surface area contributed by atoms with Crippen LogP contribution in [0.3, 0.4) is 0 Å². The van der Waals surface area contributed by atoms with E-state index >= 15 is 0 Å². The summed E-state index contributed by atoms with van der Waals surface area (Å²) >= 11 is 0. The summed E-state index contributed by atoms with van der Waals surface area (Å²) in [5.41, 5.74) is 0. The van der Waals surface area contributed by atoms with E-state index in [1.807, 2.05) is 0 Å². The van der Waals surface area contributed by atoms with Crippen LogP contribution in [-0.4, -0.2) is 432 Å². The minimum absolute atomic E-state index is 0.824. The van der Waals surface area contributed by atoms with E-state index < -0.39 is 304 Å². The number of hydrogen-bond acceptors (Lipinski definition) is 41. The summed E-state index contributed by atoms with van der Waals surface area (Å²) in [6, 6.07) is -1.72. The van der Waals surface area contributed by atoms with Gasteiger partial charge in [0.05, 0.1) is 52.9 Å². The summed E-state index contributed by atoms with van der Waals surface area (Å²) in [6.45, 7) is -7.44. The first-order valence-electron chi connectivity index (χ1n) is 29.2. The minimum atomic E-state index is -2.45. The van der Waals surface area contributed by atoms with Crippen LogP contribution in [0.1, 0.15) is 6.92 Å². The van der Waals surface area contributed by atoms with Crippen molar-refractivity contribution in [3.8, 4) is 0 Å². The fourth-order valence-corrected chi connectivity index (χ4v) is 11.7. The van der Waals surface area contributed by atoms with Crippen LogP contribution in [0, 0.1) is 0 Å². The molecule has 0 saturated carbocycles. The van der Waals surface area contributed by atoms with Crippen molar-refractivity contribution >= 4 is 5.91 Å². The second kappa shape index (κ2) is 32.7. The van der Waals surface area contributed by atoms with Gasteiger partial charge in [0.25, 0.3) is 0 Å². The third-order valence-corrected chi connectivity index (χ3v) is 17.0. The lowest BCUT2D eigenvalue weighted by Gasteiger charge is -2.50. The molecular weight excluding hydrogens is 1270 g/mol. The Hall–Kier alpha value is -2.13. The Morgan fingerprint density at radius 2 is 0.565 bits per heavy atom. The van der Waals surface area contributed by atoms with Crippen molar-refractivity contribution in [1.29, 1.82) is 0 Å². The van der Waals surface area contributed by atoms with Gasteiger partial charge in [0.2, 0.25) is 5.91 Å². The van der Waals surface area contributed by atoms with Crippen molar-refractivity contribution in [1.82, 2.24) is 5.32 Å². The number of aliphatic hydroxyl groups excluding tert-OH is 25. The average molecular weight is 1360 g/mol. The van der Waals surface area contributed by atoms with Crippen molar-refractivity contribution < 1.29 is 204 Å². The zero-order chi connectivity index (χ0) is 67.6. The van der Waals surface area contributed by atoms with Gasteiger partial charge in [-0.15, -0.1) is 0 Å². The molecule has 8 aliphatic rings. The molecule has 26 N–H and O–H groups in total. The lowest BCUT2D eigenvalue weighted by atomic mass is 9.94. The molecule has 42 heteroatoms. The molecule has 42 nitrogen and oxygen atoms in total. The molecule has 0 aromatic carbocycles. The van der Waals surface area contributed by atoms with Crippen molar-refractivity contribution in [2.75, 3.05) is 52.9 Å². The van der Waals surface area contributed by atoms with Crippen molar-refractivity contribution in [2.45, 2.75) is 253 Å².